The Morgan fingerprint density at radius 1 is 1.26 bits per heavy atom. The fourth-order valence-electron chi connectivity index (χ4n) is 2.96. The molecule has 2 amide bonds. The Morgan fingerprint density at radius 2 is 2.00 bits per heavy atom. The average molecular weight is 337 g/mol. The highest BCUT2D eigenvalue weighted by atomic mass is 32.2. The van der Waals surface area contributed by atoms with Crippen molar-refractivity contribution < 1.29 is 9.00 Å². The molecule has 1 aromatic carbocycles. The van der Waals surface area contributed by atoms with Crippen LogP contribution in [0.2, 0.25) is 0 Å². The van der Waals surface area contributed by atoms with E-state index in [2.05, 4.69) is 22.5 Å². The van der Waals surface area contributed by atoms with Gasteiger partial charge in [-0.15, -0.1) is 0 Å². The van der Waals surface area contributed by atoms with Crippen LogP contribution < -0.4 is 10.6 Å². The molecule has 2 rings (SSSR count). The number of benzene rings is 1. The standard InChI is InChI=1S/C17H27N3O2S/c1-3-20-11-5-4-6-15(20)13-19-17(21)18-12-14-7-9-16(10-8-14)23(2)22/h7-10,15H,3-6,11-13H2,1-2H3,(H2,18,19,21)/t15-,23-/m0/s1. The van der Waals surface area contributed by atoms with Crippen molar-refractivity contribution in [3.8, 4) is 0 Å². The molecule has 0 spiro atoms. The zero-order chi connectivity index (χ0) is 16.7. The topological polar surface area (TPSA) is 61.4 Å². The molecule has 2 N–H and O–H groups in total. The normalized spacial score (nSPS) is 20.0. The van der Waals surface area contributed by atoms with Gasteiger partial charge in [-0.1, -0.05) is 25.5 Å². The largest absolute Gasteiger partial charge is 0.337 e. The van der Waals surface area contributed by atoms with E-state index in [0.717, 1.165) is 30.0 Å². The summed E-state index contributed by atoms with van der Waals surface area (Å²) in [4.78, 5) is 15.2. The number of urea groups is 1. The van der Waals surface area contributed by atoms with E-state index < -0.39 is 10.8 Å². The Kier molecular flexibility index (Phi) is 7.05. The second kappa shape index (κ2) is 9.03. The lowest BCUT2D eigenvalue weighted by Crippen LogP contribution is -2.48. The Morgan fingerprint density at radius 3 is 2.65 bits per heavy atom. The number of nitrogens with zero attached hydrogens (tertiary/aromatic N) is 1. The summed E-state index contributed by atoms with van der Waals surface area (Å²) < 4.78 is 11.3. The van der Waals surface area contributed by atoms with Gasteiger partial charge in [0, 0.05) is 41.1 Å². The molecular formula is C17H27N3O2S. The lowest BCUT2D eigenvalue weighted by Gasteiger charge is -2.34. The zero-order valence-corrected chi connectivity index (χ0v) is 14.8. The van der Waals surface area contributed by atoms with Crippen LogP contribution in [0.5, 0.6) is 0 Å². The van der Waals surface area contributed by atoms with Gasteiger partial charge in [-0.25, -0.2) is 4.79 Å². The number of hydrogen-bond acceptors (Lipinski definition) is 3. The maximum Gasteiger partial charge on any atom is 0.315 e. The summed E-state index contributed by atoms with van der Waals surface area (Å²) in [5.74, 6) is 0. The summed E-state index contributed by atoms with van der Waals surface area (Å²) in [5, 5.41) is 5.85. The number of amides is 2. The summed E-state index contributed by atoms with van der Waals surface area (Å²) in [6.45, 7) is 5.53. The fraction of sp³-hybridized carbons (Fsp3) is 0.588. The third kappa shape index (κ3) is 5.62. The van der Waals surface area contributed by atoms with Crippen molar-refractivity contribution in [2.45, 2.75) is 43.7 Å². The maximum atomic E-state index is 11.9. The smallest absolute Gasteiger partial charge is 0.315 e. The molecule has 0 aliphatic carbocycles. The average Bonchev–Trinajstić information content (AvgIpc) is 2.58. The predicted octanol–water partition coefficient (Wildman–Crippen LogP) is 2.10. The fourth-order valence-corrected chi connectivity index (χ4v) is 3.48. The quantitative estimate of drug-likeness (QED) is 0.836. The lowest BCUT2D eigenvalue weighted by molar-refractivity contribution is 0.153. The molecule has 0 saturated carbocycles. The van der Waals surface area contributed by atoms with Gasteiger partial charge in [0.15, 0.2) is 0 Å². The molecule has 0 unspecified atom stereocenters. The molecule has 1 aliphatic rings. The van der Waals surface area contributed by atoms with Gasteiger partial charge < -0.3 is 10.6 Å². The molecule has 128 valence electrons. The van der Waals surface area contributed by atoms with E-state index in [4.69, 9.17) is 0 Å². The maximum absolute atomic E-state index is 11.9. The van der Waals surface area contributed by atoms with Gasteiger partial charge in [-0.05, 0) is 43.6 Å². The van der Waals surface area contributed by atoms with Crippen molar-refractivity contribution in [2.75, 3.05) is 25.9 Å². The lowest BCUT2D eigenvalue weighted by atomic mass is 10.0. The van der Waals surface area contributed by atoms with E-state index in [1.807, 2.05) is 24.3 Å². The summed E-state index contributed by atoms with van der Waals surface area (Å²) >= 11 is 0. The molecule has 0 radical (unpaired) electrons. The minimum atomic E-state index is -0.965. The van der Waals surface area contributed by atoms with E-state index >= 15 is 0 Å². The van der Waals surface area contributed by atoms with Gasteiger partial charge in [0.1, 0.15) is 0 Å². The Balaban J connectivity index is 1.73. The van der Waals surface area contributed by atoms with Gasteiger partial charge in [0.25, 0.3) is 0 Å². The highest BCUT2D eigenvalue weighted by molar-refractivity contribution is 7.84. The van der Waals surface area contributed by atoms with Gasteiger partial charge >= 0.3 is 6.03 Å². The zero-order valence-electron chi connectivity index (χ0n) is 14.0. The van der Waals surface area contributed by atoms with Crippen LogP contribution in [0.25, 0.3) is 0 Å². The third-order valence-electron chi connectivity index (χ3n) is 4.36. The Bertz CT molecular complexity index is 533. The summed E-state index contributed by atoms with van der Waals surface area (Å²) in [5.41, 5.74) is 1.00. The van der Waals surface area contributed by atoms with E-state index in [9.17, 15) is 9.00 Å². The highest BCUT2D eigenvalue weighted by Gasteiger charge is 2.21. The molecule has 6 heteroatoms. The summed E-state index contributed by atoms with van der Waals surface area (Å²) in [7, 11) is -0.965. The molecule has 1 saturated heterocycles. The minimum Gasteiger partial charge on any atom is -0.337 e. The number of rotatable bonds is 6. The van der Waals surface area contributed by atoms with Crippen molar-refractivity contribution in [1.82, 2.24) is 15.5 Å². The monoisotopic (exact) mass is 337 g/mol. The number of likely N-dealkylation sites (tertiary alicyclic amines) is 1. The Labute approximate surface area is 141 Å². The van der Waals surface area contributed by atoms with Gasteiger partial charge in [0.2, 0.25) is 0 Å². The van der Waals surface area contributed by atoms with Crippen LogP contribution in [0.4, 0.5) is 4.79 Å². The van der Waals surface area contributed by atoms with Crippen LogP contribution in [-0.4, -0.2) is 47.1 Å². The number of carbonyl (C=O) groups excluding carboxylic acids is 1. The van der Waals surface area contributed by atoms with Crippen molar-refractivity contribution in [3.63, 3.8) is 0 Å². The molecule has 2 atom stereocenters. The molecule has 1 fully saturated rings. The first-order valence-electron chi connectivity index (χ1n) is 8.28. The predicted molar refractivity (Wildman–Crippen MR) is 93.9 cm³/mol. The van der Waals surface area contributed by atoms with E-state index in [-0.39, 0.29) is 6.03 Å². The van der Waals surface area contributed by atoms with Crippen LogP contribution in [0.3, 0.4) is 0 Å². The first-order chi connectivity index (χ1) is 11.1. The van der Waals surface area contributed by atoms with Crippen LogP contribution in [0, 0.1) is 0 Å². The van der Waals surface area contributed by atoms with Crippen LogP contribution in [0.1, 0.15) is 31.7 Å². The number of likely N-dealkylation sites (N-methyl/N-ethyl adjacent to an activating group) is 1. The number of carbonyl (C=O) groups is 1. The Hall–Kier alpha value is -1.40. The molecular weight excluding hydrogens is 310 g/mol. The van der Waals surface area contributed by atoms with Gasteiger partial charge in [-0.2, -0.15) is 0 Å². The van der Waals surface area contributed by atoms with Crippen LogP contribution in [-0.2, 0) is 17.3 Å². The first kappa shape index (κ1) is 17.9. The number of piperidine rings is 1. The number of hydrogen-bond donors (Lipinski definition) is 2. The second-order valence-electron chi connectivity index (χ2n) is 5.94. The molecule has 1 heterocycles. The molecule has 1 aliphatic heterocycles. The molecule has 0 aromatic heterocycles. The summed E-state index contributed by atoms with van der Waals surface area (Å²) in [6.07, 6.45) is 5.32. The van der Waals surface area contributed by atoms with Gasteiger partial charge in [-0.3, -0.25) is 9.11 Å². The minimum absolute atomic E-state index is 0.130. The van der Waals surface area contributed by atoms with Crippen LogP contribution in [0.15, 0.2) is 29.2 Å². The van der Waals surface area contributed by atoms with E-state index in [1.54, 1.807) is 6.26 Å². The van der Waals surface area contributed by atoms with E-state index in [1.165, 1.54) is 12.8 Å². The summed E-state index contributed by atoms with van der Waals surface area (Å²) in [6, 6.07) is 7.81. The van der Waals surface area contributed by atoms with Crippen LogP contribution >= 0.6 is 0 Å². The van der Waals surface area contributed by atoms with E-state index in [0.29, 0.717) is 19.1 Å². The van der Waals surface area contributed by atoms with Crippen molar-refractivity contribution in [3.05, 3.63) is 29.8 Å². The van der Waals surface area contributed by atoms with Crippen molar-refractivity contribution >= 4 is 16.8 Å². The molecule has 1 aromatic rings. The first-order valence-corrected chi connectivity index (χ1v) is 9.84. The van der Waals surface area contributed by atoms with Crippen molar-refractivity contribution in [2.24, 2.45) is 0 Å². The third-order valence-corrected chi connectivity index (χ3v) is 5.30. The molecule has 23 heavy (non-hydrogen) atoms. The molecule has 0 bridgehead atoms. The number of nitrogens with one attached hydrogen (secondary N) is 2. The molecule has 5 nitrogen and oxygen atoms in total. The van der Waals surface area contributed by atoms with Crippen molar-refractivity contribution in [1.29, 1.82) is 0 Å². The highest BCUT2D eigenvalue weighted by Crippen LogP contribution is 2.15. The van der Waals surface area contributed by atoms with Gasteiger partial charge in [0.05, 0.1) is 0 Å². The SMILES string of the molecule is CCN1CCCC[C@H]1CNC(=O)NCc1ccc([S@](C)=O)cc1. The second-order valence-corrected chi connectivity index (χ2v) is 7.32.